The van der Waals surface area contributed by atoms with Crippen molar-refractivity contribution in [3.8, 4) is 0 Å². The lowest BCUT2D eigenvalue weighted by atomic mass is 10.0. The van der Waals surface area contributed by atoms with E-state index in [4.69, 9.17) is 0 Å². The fraction of sp³-hybridized carbons (Fsp3) is 0.222. The molecular formula is C18H17BrN2O2. The topological polar surface area (TPSA) is 49.4 Å². The van der Waals surface area contributed by atoms with Gasteiger partial charge in [-0.1, -0.05) is 30.3 Å². The number of aryl methyl sites for hydroxylation is 1. The van der Waals surface area contributed by atoms with Gasteiger partial charge in [-0.3, -0.25) is 9.59 Å². The molecule has 0 fully saturated rings. The Morgan fingerprint density at radius 1 is 1.09 bits per heavy atom. The zero-order valence-electron chi connectivity index (χ0n) is 12.6. The summed E-state index contributed by atoms with van der Waals surface area (Å²) in [5.74, 6) is -0.466. The number of fused-ring (bicyclic) bond motifs is 1. The normalized spacial score (nSPS) is 13.3. The van der Waals surface area contributed by atoms with Gasteiger partial charge in [0.2, 0.25) is 11.8 Å². The van der Waals surface area contributed by atoms with Crippen molar-refractivity contribution in [2.45, 2.75) is 19.3 Å². The Bertz CT molecular complexity index is 745. The first-order valence-electron chi connectivity index (χ1n) is 7.58. The predicted octanol–water partition coefficient (Wildman–Crippen LogP) is 3.76. The number of para-hydroxylation sites is 2. The molecule has 0 unspecified atom stereocenters. The Hall–Kier alpha value is -2.14. The minimum atomic E-state index is -0.301. The maximum Gasteiger partial charge on any atom is 0.236 e. The van der Waals surface area contributed by atoms with Gasteiger partial charge in [-0.15, -0.1) is 0 Å². The molecule has 1 aliphatic heterocycles. The molecule has 5 heteroatoms. The van der Waals surface area contributed by atoms with Gasteiger partial charge in [0.15, 0.2) is 0 Å². The van der Waals surface area contributed by atoms with Crippen LogP contribution in [0.25, 0.3) is 0 Å². The first-order chi connectivity index (χ1) is 11.1. The molecule has 0 radical (unpaired) electrons. The van der Waals surface area contributed by atoms with Gasteiger partial charge in [0.25, 0.3) is 0 Å². The lowest BCUT2D eigenvalue weighted by molar-refractivity contribution is -0.125. The first kappa shape index (κ1) is 15.7. The minimum Gasteiger partial charge on any atom is -0.325 e. The van der Waals surface area contributed by atoms with Gasteiger partial charge in [0.1, 0.15) is 6.42 Å². The zero-order chi connectivity index (χ0) is 16.2. The number of hydrogen-bond donors (Lipinski definition) is 1. The highest BCUT2D eigenvalue weighted by Crippen LogP contribution is 2.27. The highest BCUT2D eigenvalue weighted by atomic mass is 79.9. The molecule has 0 aliphatic carbocycles. The molecule has 0 atom stereocenters. The van der Waals surface area contributed by atoms with E-state index in [-0.39, 0.29) is 18.2 Å². The van der Waals surface area contributed by atoms with E-state index in [2.05, 4.69) is 21.2 Å². The second kappa shape index (κ2) is 6.96. The fourth-order valence-corrected chi connectivity index (χ4v) is 3.17. The lowest BCUT2D eigenvalue weighted by Crippen LogP contribution is -2.37. The van der Waals surface area contributed by atoms with Crippen LogP contribution in [0.15, 0.2) is 53.0 Å². The number of nitrogens with one attached hydrogen (secondary N) is 1. The Morgan fingerprint density at radius 3 is 2.65 bits per heavy atom. The predicted molar refractivity (Wildman–Crippen MR) is 94.5 cm³/mol. The van der Waals surface area contributed by atoms with E-state index < -0.39 is 0 Å². The Morgan fingerprint density at radius 2 is 1.83 bits per heavy atom. The quantitative estimate of drug-likeness (QED) is 0.833. The molecule has 0 aromatic heterocycles. The molecular weight excluding hydrogens is 356 g/mol. The van der Waals surface area contributed by atoms with Crippen LogP contribution in [0.2, 0.25) is 0 Å². The van der Waals surface area contributed by atoms with Crippen molar-refractivity contribution in [3.05, 3.63) is 58.6 Å². The van der Waals surface area contributed by atoms with Crippen LogP contribution in [0.4, 0.5) is 11.4 Å². The molecule has 0 saturated heterocycles. The number of benzene rings is 2. The average molecular weight is 373 g/mol. The molecule has 2 aromatic carbocycles. The largest absolute Gasteiger partial charge is 0.325 e. The molecule has 118 valence electrons. The van der Waals surface area contributed by atoms with E-state index in [9.17, 15) is 9.59 Å². The van der Waals surface area contributed by atoms with Crippen LogP contribution in [-0.4, -0.2) is 18.4 Å². The molecule has 0 spiro atoms. The van der Waals surface area contributed by atoms with Crippen molar-refractivity contribution in [2.75, 3.05) is 16.8 Å². The van der Waals surface area contributed by atoms with E-state index in [1.807, 2.05) is 42.5 Å². The standard InChI is InChI=1S/C18H17BrN2O2/c19-14-8-2-3-9-15(14)20-17(22)12-18(23)21-11-5-7-13-6-1-4-10-16(13)21/h1-4,6,8-10H,5,7,11-12H2,(H,20,22). The minimum absolute atomic E-state index is 0.157. The van der Waals surface area contributed by atoms with Gasteiger partial charge in [-0.2, -0.15) is 0 Å². The maximum atomic E-state index is 12.5. The third kappa shape index (κ3) is 3.62. The van der Waals surface area contributed by atoms with Crippen molar-refractivity contribution in [1.29, 1.82) is 0 Å². The Kier molecular flexibility index (Phi) is 4.76. The fourth-order valence-electron chi connectivity index (χ4n) is 2.78. The van der Waals surface area contributed by atoms with Crippen molar-refractivity contribution in [1.82, 2.24) is 0 Å². The van der Waals surface area contributed by atoms with Crippen LogP contribution >= 0.6 is 15.9 Å². The van der Waals surface area contributed by atoms with Crippen molar-refractivity contribution in [2.24, 2.45) is 0 Å². The molecule has 23 heavy (non-hydrogen) atoms. The van der Waals surface area contributed by atoms with Crippen LogP contribution in [0.5, 0.6) is 0 Å². The molecule has 1 aliphatic rings. The summed E-state index contributed by atoms with van der Waals surface area (Å²) in [6.45, 7) is 0.665. The summed E-state index contributed by atoms with van der Waals surface area (Å²) >= 11 is 3.38. The Labute approximate surface area is 143 Å². The Balaban J connectivity index is 1.68. The summed E-state index contributed by atoms with van der Waals surface area (Å²) in [6, 6.07) is 15.2. The van der Waals surface area contributed by atoms with Crippen LogP contribution in [-0.2, 0) is 16.0 Å². The maximum absolute atomic E-state index is 12.5. The number of amides is 2. The number of carbonyl (C=O) groups is 2. The van der Waals surface area contributed by atoms with Gasteiger partial charge in [-0.25, -0.2) is 0 Å². The highest BCUT2D eigenvalue weighted by Gasteiger charge is 2.23. The third-order valence-electron chi connectivity index (χ3n) is 3.87. The highest BCUT2D eigenvalue weighted by molar-refractivity contribution is 9.10. The summed E-state index contributed by atoms with van der Waals surface area (Å²) in [6.07, 6.45) is 1.74. The van der Waals surface area contributed by atoms with E-state index in [0.29, 0.717) is 12.2 Å². The van der Waals surface area contributed by atoms with E-state index in [1.54, 1.807) is 11.0 Å². The average Bonchev–Trinajstić information content (AvgIpc) is 2.56. The number of hydrogen-bond acceptors (Lipinski definition) is 2. The van der Waals surface area contributed by atoms with Crippen LogP contribution < -0.4 is 10.2 Å². The molecule has 2 amide bonds. The second-order valence-corrected chi connectivity index (χ2v) is 6.34. The number of rotatable bonds is 3. The van der Waals surface area contributed by atoms with E-state index in [0.717, 1.165) is 23.0 Å². The van der Waals surface area contributed by atoms with Gasteiger partial charge < -0.3 is 10.2 Å². The molecule has 3 rings (SSSR count). The van der Waals surface area contributed by atoms with Crippen molar-refractivity contribution >= 4 is 39.1 Å². The van der Waals surface area contributed by atoms with Crippen molar-refractivity contribution in [3.63, 3.8) is 0 Å². The van der Waals surface area contributed by atoms with E-state index >= 15 is 0 Å². The molecule has 1 N–H and O–H groups in total. The van der Waals surface area contributed by atoms with Gasteiger partial charge in [-0.05, 0) is 52.5 Å². The summed E-state index contributed by atoms with van der Waals surface area (Å²) in [5.41, 5.74) is 2.76. The van der Waals surface area contributed by atoms with Crippen molar-refractivity contribution < 1.29 is 9.59 Å². The van der Waals surface area contributed by atoms with Gasteiger partial charge in [0.05, 0.1) is 5.69 Å². The molecule has 4 nitrogen and oxygen atoms in total. The lowest BCUT2D eigenvalue weighted by Gasteiger charge is -2.29. The number of halogens is 1. The van der Waals surface area contributed by atoms with Gasteiger partial charge >= 0.3 is 0 Å². The smallest absolute Gasteiger partial charge is 0.236 e. The monoisotopic (exact) mass is 372 g/mol. The molecule has 1 heterocycles. The molecule has 0 bridgehead atoms. The number of nitrogens with zero attached hydrogens (tertiary/aromatic N) is 1. The van der Waals surface area contributed by atoms with E-state index in [1.165, 1.54) is 5.56 Å². The number of carbonyl (C=O) groups excluding carboxylic acids is 2. The summed E-state index contributed by atoms with van der Waals surface area (Å²) in [5, 5.41) is 2.77. The second-order valence-electron chi connectivity index (χ2n) is 5.48. The van der Waals surface area contributed by atoms with Crippen LogP contribution in [0.3, 0.4) is 0 Å². The van der Waals surface area contributed by atoms with Gasteiger partial charge in [0, 0.05) is 16.7 Å². The molecule has 0 saturated carbocycles. The number of anilines is 2. The zero-order valence-corrected chi connectivity index (χ0v) is 14.2. The summed E-state index contributed by atoms with van der Waals surface area (Å²) < 4.78 is 0.795. The van der Waals surface area contributed by atoms with Crippen LogP contribution in [0.1, 0.15) is 18.4 Å². The summed E-state index contributed by atoms with van der Waals surface area (Å²) in [7, 11) is 0. The first-order valence-corrected chi connectivity index (χ1v) is 8.37. The SMILES string of the molecule is O=C(CC(=O)N1CCCc2ccccc21)Nc1ccccc1Br. The molecule has 2 aromatic rings. The van der Waals surface area contributed by atoms with Crippen LogP contribution in [0, 0.1) is 0 Å². The third-order valence-corrected chi connectivity index (χ3v) is 4.56. The summed E-state index contributed by atoms with van der Waals surface area (Å²) in [4.78, 5) is 26.4.